The first kappa shape index (κ1) is 14.3. The molecular formula is C15H21N5. The summed E-state index contributed by atoms with van der Waals surface area (Å²) < 4.78 is 0. The molecule has 106 valence electrons. The number of anilines is 2. The maximum atomic E-state index is 5.48. The second kappa shape index (κ2) is 6.86. The highest BCUT2D eigenvalue weighted by molar-refractivity contribution is 5.48. The Hall–Kier alpha value is -2.14. The molecule has 3 N–H and O–H groups in total. The van der Waals surface area contributed by atoms with Crippen molar-refractivity contribution in [3.8, 4) is 0 Å². The molecule has 0 unspecified atom stereocenters. The number of hydrogen-bond acceptors (Lipinski definition) is 5. The molecule has 20 heavy (non-hydrogen) atoms. The van der Waals surface area contributed by atoms with E-state index >= 15 is 0 Å². The minimum Gasteiger partial charge on any atom is -0.355 e. The lowest BCUT2D eigenvalue weighted by Gasteiger charge is -2.19. The van der Waals surface area contributed by atoms with Gasteiger partial charge in [-0.1, -0.05) is 37.3 Å². The summed E-state index contributed by atoms with van der Waals surface area (Å²) in [6.07, 6.45) is 1.86. The molecule has 2 rings (SSSR count). The van der Waals surface area contributed by atoms with Gasteiger partial charge in [0.25, 0.3) is 0 Å². The van der Waals surface area contributed by atoms with Crippen LogP contribution >= 0.6 is 0 Å². The zero-order chi connectivity index (χ0) is 14.4. The van der Waals surface area contributed by atoms with Crippen LogP contribution in [0.1, 0.15) is 24.7 Å². The number of hydrazine groups is 1. The molecule has 0 bridgehead atoms. The maximum Gasteiger partial charge on any atom is 0.145 e. The Morgan fingerprint density at radius 1 is 1.20 bits per heavy atom. The Balaban J connectivity index is 2.19. The van der Waals surface area contributed by atoms with Crippen molar-refractivity contribution in [2.45, 2.75) is 26.3 Å². The molecule has 0 radical (unpaired) electrons. The van der Waals surface area contributed by atoms with E-state index in [0.717, 1.165) is 31.0 Å². The molecule has 0 saturated heterocycles. The van der Waals surface area contributed by atoms with Gasteiger partial charge in [0.05, 0.1) is 0 Å². The summed E-state index contributed by atoms with van der Waals surface area (Å²) in [4.78, 5) is 11.0. The zero-order valence-electron chi connectivity index (χ0n) is 12.0. The van der Waals surface area contributed by atoms with E-state index in [-0.39, 0.29) is 0 Å². The monoisotopic (exact) mass is 271 g/mol. The molecule has 5 heteroatoms. The first-order valence-corrected chi connectivity index (χ1v) is 6.82. The topological polar surface area (TPSA) is 67.1 Å². The molecule has 1 aromatic carbocycles. The van der Waals surface area contributed by atoms with Crippen molar-refractivity contribution in [2.75, 3.05) is 17.4 Å². The Morgan fingerprint density at radius 2 is 1.95 bits per heavy atom. The number of nitrogens with zero attached hydrogens (tertiary/aromatic N) is 3. The number of benzene rings is 1. The van der Waals surface area contributed by atoms with E-state index in [0.29, 0.717) is 5.82 Å². The third kappa shape index (κ3) is 3.68. The fourth-order valence-electron chi connectivity index (χ4n) is 2.03. The van der Waals surface area contributed by atoms with Gasteiger partial charge in [0.15, 0.2) is 0 Å². The van der Waals surface area contributed by atoms with Gasteiger partial charge < -0.3 is 10.3 Å². The highest BCUT2D eigenvalue weighted by atomic mass is 15.3. The minimum atomic E-state index is 0.651. The fraction of sp³-hybridized carbons (Fsp3) is 0.333. The van der Waals surface area contributed by atoms with Gasteiger partial charge in [-0.05, 0) is 12.0 Å². The van der Waals surface area contributed by atoms with Crippen LogP contribution in [0.3, 0.4) is 0 Å². The third-order valence-corrected chi connectivity index (χ3v) is 3.03. The van der Waals surface area contributed by atoms with E-state index in [2.05, 4.69) is 39.4 Å². The molecule has 0 aliphatic rings. The summed E-state index contributed by atoms with van der Waals surface area (Å²) in [6, 6.07) is 12.2. The van der Waals surface area contributed by atoms with Crippen molar-refractivity contribution in [2.24, 2.45) is 5.84 Å². The lowest BCUT2D eigenvalue weighted by Crippen LogP contribution is -2.20. The van der Waals surface area contributed by atoms with Crippen LogP contribution in [0, 0.1) is 0 Å². The van der Waals surface area contributed by atoms with Crippen LogP contribution in [0.15, 0.2) is 36.4 Å². The maximum absolute atomic E-state index is 5.48. The van der Waals surface area contributed by atoms with Crippen LogP contribution < -0.4 is 16.2 Å². The normalized spacial score (nSPS) is 10.3. The van der Waals surface area contributed by atoms with Crippen LogP contribution in [0.2, 0.25) is 0 Å². The van der Waals surface area contributed by atoms with Gasteiger partial charge in [-0.2, -0.15) is 0 Å². The van der Waals surface area contributed by atoms with Gasteiger partial charge in [0, 0.05) is 26.1 Å². The van der Waals surface area contributed by atoms with Crippen molar-refractivity contribution in [3.05, 3.63) is 47.8 Å². The van der Waals surface area contributed by atoms with Crippen molar-refractivity contribution >= 4 is 11.6 Å². The van der Waals surface area contributed by atoms with Crippen molar-refractivity contribution < 1.29 is 0 Å². The molecular weight excluding hydrogens is 250 g/mol. The van der Waals surface area contributed by atoms with Crippen LogP contribution in [0.25, 0.3) is 0 Å². The molecule has 2 aromatic rings. The lowest BCUT2D eigenvalue weighted by molar-refractivity contribution is 0.812. The number of aromatic nitrogens is 2. The van der Waals surface area contributed by atoms with E-state index < -0.39 is 0 Å². The van der Waals surface area contributed by atoms with Crippen molar-refractivity contribution in [1.82, 2.24) is 9.97 Å². The Morgan fingerprint density at radius 3 is 2.60 bits per heavy atom. The summed E-state index contributed by atoms with van der Waals surface area (Å²) in [5.74, 6) is 7.82. The minimum absolute atomic E-state index is 0.651. The number of rotatable bonds is 6. The second-order valence-corrected chi connectivity index (χ2v) is 4.76. The molecule has 0 aliphatic carbocycles. The number of nitrogens with two attached hydrogens (primary N) is 1. The molecule has 5 nitrogen and oxygen atoms in total. The smallest absolute Gasteiger partial charge is 0.145 e. The highest BCUT2D eigenvalue weighted by Gasteiger charge is 2.08. The average molecular weight is 271 g/mol. The number of hydrogen-bond donors (Lipinski definition) is 2. The molecule has 0 fully saturated rings. The summed E-state index contributed by atoms with van der Waals surface area (Å²) >= 11 is 0. The molecule has 0 aliphatic heterocycles. The molecule has 1 heterocycles. The predicted molar refractivity (Wildman–Crippen MR) is 82.4 cm³/mol. The quantitative estimate of drug-likeness (QED) is 0.623. The van der Waals surface area contributed by atoms with Crippen LogP contribution in [0.4, 0.5) is 11.6 Å². The first-order valence-electron chi connectivity index (χ1n) is 6.82. The van der Waals surface area contributed by atoms with E-state index in [1.54, 1.807) is 0 Å². The predicted octanol–water partition coefficient (Wildman–Crippen LogP) is 2.35. The van der Waals surface area contributed by atoms with E-state index in [1.807, 2.05) is 31.3 Å². The van der Waals surface area contributed by atoms with Gasteiger partial charge in [-0.25, -0.2) is 15.8 Å². The van der Waals surface area contributed by atoms with Crippen LogP contribution in [-0.4, -0.2) is 17.0 Å². The summed E-state index contributed by atoms with van der Waals surface area (Å²) in [5.41, 5.74) is 3.85. The highest BCUT2D eigenvalue weighted by Crippen LogP contribution is 2.17. The Bertz CT molecular complexity index is 541. The van der Waals surface area contributed by atoms with Gasteiger partial charge in [0.2, 0.25) is 0 Å². The standard InChI is InChI=1S/C15H21N5/c1-3-7-13-17-14(19-16)10-15(18-13)20(2)11-12-8-5-4-6-9-12/h4-6,8-10H,3,7,11,16H2,1-2H3,(H,17,18,19). The lowest BCUT2D eigenvalue weighted by atomic mass is 10.2. The van der Waals surface area contributed by atoms with Crippen LogP contribution in [0.5, 0.6) is 0 Å². The number of aryl methyl sites for hydroxylation is 1. The molecule has 0 amide bonds. The van der Waals surface area contributed by atoms with Gasteiger partial charge >= 0.3 is 0 Å². The molecule has 0 saturated carbocycles. The number of nitrogen functional groups attached to an aromatic ring is 1. The Labute approximate surface area is 119 Å². The first-order chi connectivity index (χ1) is 9.72. The fourth-order valence-corrected chi connectivity index (χ4v) is 2.03. The largest absolute Gasteiger partial charge is 0.355 e. The van der Waals surface area contributed by atoms with Gasteiger partial charge in [-0.15, -0.1) is 0 Å². The van der Waals surface area contributed by atoms with E-state index in [4.69, 9.17) is 5.84 Å². The van der Waals surface area contributed by atoms with E-state index in [9.17, 15) is 0 Å². The van der Waals surface area contributed by atoms with Gasteiger partial charge in [-0.3, -0.25) is 0 Å². The summed E-state index contributed by atoms with van der Waals surface area (Å²) in [5, 5.41) is 0. The Kier molecular flexibility index (Phi) is 4.90. The third-order valence-electron chi connectivity index (χ3n) is 3.03. The zero-order valence-corrected chi connectivity index (χ0v) is 12.0. The summed E-state index contributed by atoms with van der Waals surface area (Å²) in [6.45, 7) is 2.91. The van der Waals surface area contributed by atoms with Gasteiger partial charge in [0.1, 0.15) is 17.5 Å². The van der Waals surface area contributed by atoms with E-state index in [1.165, 1.54) is 5.56 Å². The van der Waals surface area contributed by atoms with Crippen molar-refractivity contribution in [3.63, 3.8) is 0 Å². The summed E-state index contributed by atoms with van der Waals surface area (Å²) in [7, 11) is 2.02. The SMILES string of the molecule is CCCc1nc(NN)cc(N(C)Cc2ccccc2)n1. The van der Waals surface area contributed by atoms with Crippen molar-refractivity contribution in [1.29, 1.82) is 0 Å². The molecule has 0 atom stereocenters. The number of nitrogens with one attached hydrogen (secondary N) is 1. The van der Waals surface area contributed by atoms with Crippen LogP contribution in [-0.2, 0) is 13.0 Å². The molecule has 1 aromatic heterocycles. The average Bonchev–Trinajstić information content (AvgIpc) is 2.48. The second-order valence-electron chi connectivity index (χ2n) is 4.76. The molecule has 0 spiro atoms.